The molecule has 0 bridgehead atoms. The Morgan fingerprint density at radius 1 is 1.22 bits per heavy atom. The van der Waals surface area contributed by atoms with E-state index in [9.17, 15) is 4.79 Å². The second kappa shape index (κ2) is 8.51. The lowest BCUT2D eigenvalue weighted by Crippen LogP contribution is -2.35. The van der Waals surface area contributed by atoms with Crippen LogP contribution in [0.2, 0.25) is 0 Å². The maximum absolute atomic E-state index is 12.0. The van der Waals surface area contributed by atoms with Gasteiger partial charge in [0.2, 0.25) is 17.5 Å². The van der Waals surface area contributed by atoms with E-state index in [0.29, 0.717) is 39.8 Å². The first kappa shape index (κ1) is 19.3. The number of benzene rings is 1. The summed E-state index contributed by atoms with van der Waals surface area (Å²) in [6.45, 7) is 2.04. The molecule has 3 rings (SSSR count). The van der Waals surface area contributed by atoms with E-state index in [2.05, 4.69) is 15.5 Å². The maximum atomic E-state index is 12.0. The number of thioether (sulfide) groups is 1. The summed E-state index contributed by atoms with van der Waals surface area (Å²) in [5, 5.41) is 11.4. The number of methoxy groups -OCH3 is 3. The predicted molar refractivity (Wildman–Crippen MR) is 100 cm³/mol. The Bertz CT molecular complexity index is 781. The molecule has 1 saturated carbocycles. The van der Waals surface area contributed by atoms with E-state index in [-0.39, 0.29) is 17.7 Å². The van der Waals surface area contributed by atoms with Gasteiger partial charge in [-0.25, -0.2) is 0 Å². The van der Waals surface area contributed by atoms with Gasteiger partial charge in [-0.3, -0.25) is 4.79 Å². The molecule has 1 aromatic carbocycles. The van der Waals surface area contributed by atoms with Crippen molar-refractivity contribution in [1.82, 2.24) is 15.5 Å². The third-order valence-corrected chi connectivity index (χ3v) is 5.18. The Labute approximate surface area is 162 Å². The molecule has 1 N–H and O–H groups in total. The number of nitrogens with zero attached hydrogens (tertiary/aromatic N) is 2. The zero-order valence-electron chi connectivity index (χ0n) is 15.8. The third-order valence-electron chi connectivity index (χ3n) is 4.36. The van der Waals surface area contributed by atoms with E-state index < -0.39 is 0 Å². The first-order chi connectivity index (χ1) is 13.0. The average molecular weight is 393 g/mol. The minimum absolute atomic E-state index is 0.0352. The van der Waals surface area contributed by atoms with Crippen LogP contribution >= 0.6 is 11.8 Å². The number of carbonyl (C=O) groups is 1. The molecular weight excluding hydrogens is 370 g/mol. The van der Waals surface area contributed by atoms with Crippen molar-refractivity contribution in [2.24, 2.45) is 5.92 Å². The van der Waals surface area contributed by atoms with Crippen LogP contribution in [0.25, 0.3) is 11.5 Å². The summed E-state index contributed by atoms with van der Waals surface area (Å²) in [5.74, 6) is 2.60. The second-order valence-electron chi connectivity index (χ2n) is 6.27. The quantitative estimate of drug-likeness (QED) is 0.650. The number of hydrogen-bond acceptors (Lipinski definition) is 8. The highest BCUT2D eigenvalue weighted by atomic mass is 32.2. The molecule has 1 aliphatic carbocycles. The van der Waals surface area contributed by atoms with Gasteiger partial charge in [0.05, 0.1) is 27.1 Å². The highest BCUT2D eigenvalue weighted by Gasteiger charge is 2.28. The molecule has 0 radical (unpaired) electrons. The molecule has 1 fully saturated rings. The standard InChI is InChI=1S/C18H23N3O5S/c1-10(11-5-6-11)19-15(22)9-27-18-21-20-17(26-18)12-7-13(23-2)16(25-4)14(8-12)24-3/h7-8,10-11H,5-6,9H2,1-4H3,(H,19,22)/t10-/m0/s1. The van der Waals surface area contributed by atoms with Gasteiger partial charge in [-0.15, -0.1) is 10.2 Å². The molecule has 27 heavy (non-hydrogen) atoms. The first-order valence-electron chi connectivity index (χ1n) is 8.61. The fourth-order valence-corrected chi connectivity index (χ4v) is 3.30. The van der Waals surface area contributed by atoms with Crippen LogP contribution < -0.4 is 19.5 Å². The first-order valence-corrected chi connectivity index (χ1v) is 9.60. The molecule has 8 nitrogen and oxygen atoms in total. The normalized spacial score (nSPS) is 14.5. The number of amides is 1. The van der Waals surface area contributed by atoms with Crippen molar-refractivity contribution in [2.45, 2.75) is 31.0 Å². The fraction of sp³-hybridized carbons (Fsp3) is 0.500. The predicted octanol–water partition coefficient (Wildman–Crippen LogP) is 2.77. The molecule has 0 aliphatic heterocycles. The number of carbonyl (C=O) groups excluding carboxylic acids is 1. The molecule has 146 valence electrons. The highest BCUT2D eigenvalue weighted by molar-refractivity contribution is 7.99. The topological polar surface area (TPSA) is 95.7 Å². The van der Waals surface area contributed by atoms with Crippen molar-refractivity contribution >= 4 is 17.7 Å². The molecule has 0 spiro atoms. The summed E-state index contributed by atoms with van der Waals surface area (Å²) in [7, 11) is 4.62. The van der Waals surface area contributed by atoms with Gasteiger partial charge in [-0.05, 0) is 37.8 Å². The SMILES string of the molecule is COc1cc(-c2nnc(SCC(=O)N[C@@H](C)C3CC3)o2)cc(OC)c1OC. The third kappa shape index (κ3) is 4.65. The van der Waals surface area contributed by atoms with Gasteiger partial charge in [0.25, 0.3) is 5.22 Å². The monoisotopic (exact) mass is 393 g/mol. The molecule has 1 amide bonds. The molecule has 2 aromatic rings. The van der Waals surface area contributed by atoms with E-state index >= 15 is 0 Å². The molecule has 0 unspecified atom stereocenters. The summed E-state index contributed by atoms with van der Waals surface area (Å²) in [5.41, 5.74) is 0.635. The van der Waals surface area contributed by atoms with E-state index in [0.717, 1.165) is 0 Å². The molecule has 1 aromatic heterocycles. The van der Waals surface area contributed by atoms with Crippen molar-refractivity contribution in [1.29, 1.82) is 0 Å². The number of aromatic nitrogens is 2. The smallest absolute Gasteiger partial charge is 0.277 e. The Hall–Kier alpha value is -2.42. The van der Waals surface area contributed by atoms with Crippen molar-refractivity contribution in [3.63, 3.8) is 0 Å². The molecule has 1 atom stereocenters. The summed E-state index contributed by atoms with van der Waals surface area (Å²) in [6, 6.07) is 3.68. The van der Waals surface area contributed by atoms with Gasteiger partial charge in [-0.1, -0.05) is 11.8 Å². The molecule has 0 saturated heterocycles. The van der Waals surface area contributed by atoms with E-state index in [1.165, 1.54) is 45.9 Å². The lowest BCUT2D eigenvalue weighted by atomic mass is 10.2. The second-order valence-corrected chi connectivity index (χ2v) is 7.20. The van der Waals surface area contributed by atoms with Crippen LogP contribution in [-0.4, -0.2) is 49.2 Å². The largest absolute Gasteiger partial charge is 0.493 e. The van der Waals surface area contributed by atoms with E-state index in [1.54, 1.807) is 12.1 Å². The van der Waals surface area contributed by atoms with E-state index in [1.807, 2.05) is 6.92 Å². The molecule has 9 heteroatoms. The Morgan fingerprint density at radius 2 is 1.89 bits per heavy atom. The summed E-state index contributed by atoms with van der Waals surface area (Å²) in [4.78, 5) is 12.0. The van der Waals surface area contributed by atoms with Crippen molar-refractivity contribution in [3.8, 4) is 28.7 Å². The number of ether oxygens (including phenoxy) is 3. The van der Waals surface area contributed by atoms with Crippen LogP contribution in [0, 0.1) is 5.92 Å². The Balaban J connectivity index is 1.67. The summed E-state index contributed by atoms with van der Waals surface area (Å²) < 4.78 is 21.6. The van der Waals surface area contributed by atoms with Crippen LogP contribution in [-0.2, 0) is 4.79 Å². The molecule has 1 heterocycles. The van der Waals surface area contributed by atoms with Crippen molar-refractivity contribution < 1.29 is 23.4 Å². The number of nitrogens with one attached hydrogen (secondary N) is 1. The van der Waals surface area contributed by atoms with Crippen LogP contribution in [0.3, 0.4) is 0 Å². The maximum Gasteiger partial charge on any atom is 0.277 e. The van der Waals surface area contributed by atoms with Gasteiger partial charge in [0.15, 0.2) is 11.5 Å². The van der Waals surface area contributed by atoms with Gasteiger partial charge in [0, 0.05) is 11.6 Å². The number of rotatable bonds is 9. The van der Waals surface area contributed by atoms with Gasteiger partial charge >= 0.3 is 0 Å². The highest BCUT2D eigenvalue weighted by Crippen LogP contribution is 2.41. The van der Waals surface area contributed by atoms with Crippen LogP contribution in [0.1, 0.15) is 19.8 Å². The van der Waals surface area contributed by atoms with Gasteiger partial charge < -0.3 is 23.9 Å². The Morgan fingerprint density at radius 3 is 2.44 bits per heavy atom. The van der Waals surface area contributed by atoms with E-state index in [4.69, 9.17) is 18.6 Å². The van der Waals surface area contributed by atoms with Gasteiger partial charge in [0.1, 0.15) is 0 Å². The van der Waals surface area contributed by atoms with Crippen molar-refractivity contribution in [3.05, 3.63) is 12.1 Å². The number of hydrogen-bond donors (Lipinski definition) is 1. The van der Waals surface area contributed by atoms with Crippen molar-refractivity contribution in [2.75, 3.05) is 27.1 Å². The zero-order valence-corrected chi connectivity index (χ0v) is 16.6. The van der Waals surface area contributed by atoms with Gasteiger partial charge in [-0.2, -0.15) is 0 Å². The fourth-order valence-electron chi connectivity index (χ4n) is 2.73. The lowest BCUT2D eigenvalue weighted by molar-refractivity contribution is -0.119. The van der Waals surface area contributed by atoms with Crippen LogP contribution in [0.15, 0.2) is 21.8 Å². The molecular formula is C18H23N3O5S. The minimum atomic E-state index is -0.0352. The Kier molecular flexibility index (Phi) is 6.10. The summed E-state index contributed by atoms with van der Waals surface area (Å²) >= 11 is 1.21. The van der Waals surface area contributed by atoms with Crippen LogP contribution in [0.4, 0.5) is 0 Å². The molecule has 1 aliphatic rings. The zero-order chi connectivity index (χ0) is 19.4. The average Bonchev–Trinajstić information content (AvgIpc) is 3.43. The lowest BCUT2D eigenvalue weighted by Gasteiger charge is -2.12. The van der Waals surface area contributed by atoms with Crippen LogP contribution in [0.5, 0.6) is 17.2 Å². The minimum Gasteiger partial charge on any atom is -0.493 e. The summed E-state index contributed by atoms with van der Waals surface area (Å²) in [6.07, 6.45) is 2.38.